The number of hydrogen-bond acceptors (Lipinski definition) is 7. The first-order valence-electron chi connectivity index (χ1n) is 7.45. The number of carbonyl (C=O) groups excluding carboxylic acids is 1. The predicted molar refractivity (Wildman–Crippen MR) is 93.7 cm³/mol. The number of para-hydroxylation sites is 1. The largest absolute Gasteiger partial charge is 0.502 e. The van der Waals surface area contributed by atoms with Crippen LogP contribution in [0.15, 0.2) is 41.5 Å². The third-order valence-corrected chi connectivity index (χ3v) is 3.44. The van der Waals surface area contributed by atoms with Crippen LogP contribution in [0.1, 0.15) is 11.1 Å². The number of aromatic hydroxyl groups is 1. The van der Waals surface area contributed by atoms with E-state index >= 15 is 0 Å². The fourth-order valence-corrected chi connectivity index (χ4v) is 2.22. The second-order valence-electron chi connectivity index (χ2n) is 5.13. The highest BCUT2D eigenvalue weighted by atomic mass is 16.6. The van der Waals surface area contributed by atoms with Gasteiger partial charge >= 0.3 is 0 Å². The van der Waals surface area contributed by atoms with Crippen LogP contribution in [-0.2, 0) is 11.2 Å². The van der Waals surface area contributed by atoms with Crippen molar-refractivity contribution in [3.63, 3.8) is 0 Å². The van der Waals surface area contributed by atoms with Crippen molar-refractivity contribution >= 4 is 17.8 Å². The summed E-state index contributed by atoms with van der Waals surface area (Å²) in [6.07, 6.45) is 1.15. The number of nitrogens with one attached hydrogen (secondary N) is 1. The van der Waals surface area contributed by atoms with Gasteiger partial charge in [0, 0.05) is 17.2 Å². The molecule has 136 valence electrons. The number of carbonyl (C=O) groups is 1. The molecule has 1 amide bonds. The predicted octanol–water partition coefficient (Wildman–Crippen LogP) is 2.01. The van der Waals surface area contributed by atoms with Gasteiger partial charge < -0.3 is 14.6 Å². The SMILES string of the molecule is COc1cc(/C=N/NC(=O)Cc2ccccc2[N+](=O)[O-])cc(OC)c1O. The molecular weight excluding hydrogens is 342 g/mol. The zero-order chi connectivity index (χ0) is 19.1. The van der Waals surface area contributed by atoms with Gasteiger partial charge in [-0.25, -0.2) is 5.43 Å². The molecule has 0 bridgehead atoms. The Morgan fingerprint density at radius 3 is 2.46 bits per heavy atom. The minimum Gasteiger partial charge on any atom is -0.502 e. The summed E-state index contributed by atoms with van der Waals surface area (Å²) in [5.74, 6) is -0.269. The van der Waals surface area contributed by atoms with Crippen molar-refractivity contribution in [1.29, 1.82) is 0 Å². The Kier molecular flexibility index (Phi) is 6.10. The number of phenolic OH excluding ortho intramolecular Hbond substituents is 1. The maximum atomic E-state index is 11.9. The molecule has 2 rings (SSSR count). The Morgan fingerprint density at radius 2 is 1.88 bits per heavy atom. The minimum atomic E-state index is -0.541. The van der Waals surface area contributed by atoms with E-state index in [0.29, 0.717) is 5.56 Å². The number of amides is 1. The number of ether oxygens (including phenoxy) is 2. The summed E-state index contributed by atoms with van der Waals surface area (Å²) >= 11 is 0. The Hall–Kier alpha value is -3.62. The van der Waals surface area contributed by atoms with E-state index in [1.165, 1.54) is 50.8 Å². The fraction of sp³-hybridized carbons (Fsp3) is 0.176. The third kappa shape index (κ3) is 4.47. The van der Waals surface area contributed by atoms with E-state index < -0.39 is 10.8 Å². The highest BCUT2D eigenvalue weighted by Gasteiger charge is 2.15. The van der Waals surface area contributed by atoms with Crippen LogP contribution in [0, 0.1) is 10.1 Å². The molecule has 0 saturated heterocycles. The number of nitrogens with zero attached hydrogens (tertiary/aromatic N) is 2. The first-order valence-corrected chi connectivity index (χ1v) is 7.45. The number of nitro benzene ring substituents is 1. The third-order valence-electron chi connectivity index (χ3n) is 3.44. The first-order chi connectivity index (χ1) is 12.5. The van der Waals surface area contributed by atoms with Crippen molar-refractivity contribution in [1.82, 2.24) is 5.43 Å². The average molecular weight is 359 g/mol. The number of benzene rings is 2. The highest BCUT2D eigenvalue weighted by molar-refractivity contribution is 5.85. The summed E-state index contributed by atoms with van der Waals surface area (Å²) in [7, 11) is 2.79. The van der Waals surface area contributed by atoms with E-state index in [2.05, 4.69) is 10.5 Å². The van der Waals surface area contributed by atoms with Crippen molar-refractivity contribution in [2.75, 3.05) is 14.2 Å². The van der Waals surface area contributed by atoms with Crippen LogP contribution in [-0.4, -0.2) is 36.4 Å². The Bertz CT molecular complexity index is 825. The standard InChI is InChI=1S/C17H17N3O6/c1-25-14-7-11(8-15(26-2)17(14)22)10-18-19-16(21)9-12-5-3-4-6-13(12)20(23)24/h3-8,10,22H,9H2,1-2H3,(H,19,21)/b18-10+. The monoisotopic (exact) mass is 359 g/mol. The van der Waals surface area contributed by atoms with Crippen molar-refractivity contribution < 1.29 is 24.3 Å². The quantitative estimate of drug-likeness (QED) is 0.443. The summed E-state index contributed by atoms with van der Waals surface area (Å²) in [5.41, 5.74) is 2.98. The lowest BCUT2D eigenvalue weighted by molar-refractivity contribution is -0.385. The molecule has 26 heavy (non-hydrogen) atoms. The first kappa shape index (κ1) is 18.7. The van der Waals surface area contributed by atoms with Crippen LogP contribution in [0.4, 0.5) is 5.69 Å². The molecule has 9 nitrogen and oxygen atoms in total. The summed E-state index contributed by atoms with van der Waals surface area (Å²) < 4.78 is 10.1. The molecule has 2 aromatic carbocycles. The normalized spacial score (nSPS) is 10.5. The van der Waals surface area contributed by atoms with Crippen LogP contribution in [0.3, 0.4) is 0 Å². The van der Waals surface area contributed by atoms with Crippen LogP contribution < -0.4 is 14.9 Å². The highest BCUT2D eigenvalue weighted by Crippen LogP contribution is 2.36. The molecule has 0 spiro atoms. The molecule has 0 unspecified atom stereocenters. The van der Waals surface area contributed by atoms with E-state index in [0.717, 1.165) is 0 Å². The molecule has 0 radical (unpaired) electrons. The van der Waals surface area contributed by atoms with E-state index in [-0.39, 0.29) is 34.9 Å². The zero-order valence-corrected chi connectivity index (χ0v) is 14.1. The summed E-state index contributed by atoms with van der Waals surface area (Å²) in [4.78, 5) is 22.4. The summed E-state index contributed by atoms with van der Waals surface area (Å²) in [6.45, 7) is 0. The Balaban J connectivity index is 2.07. The van der Waals surface area contributed by atoms with Gasteiger partial charge in [0.2, 0.25) is 11.7 Å². The smallest absolute Gasteiger partial charge is 0.273 e. The molecule has 0 saturated carbocycles. The van der Waals surface area contributed by atoms with Gasteiger partial charge in [0.05, 0.1) is 31.8 Å². The van der Waals surface area contributed by atoms with Gasteiger partial charge in [-0.1, -0.05) is 18.2 Å². The maximum absolute atomic E-state index is 11.9. The van der Waals surface area contributed by atoms with Gasteiger partial charge in [0.25, 0.3) is 5.69 Å². The van der Waals surface area contributed by atoms with Gasteiger partial charge in [-0.15, -0.1) is 0 Å². The van der Waals surface area contributed by atoms with E-state index in [4.69, 9.17) is 9.47 Å². The van der Waals surface area contributed by atoms with E-state index in [1.54, 1.807) is 6.07 Å². The Morgan fingerprint density at radius 1 is 1.27 bits per heavy atom. The van der Waals surface area contributed by atoms with Gasteiger partial charge in [-0.2, -0.15) is 5.10 Å². The average Bonchev–Trinajstić information content (AvgIpc) is 2.63. The van der Waals surface area contributed by atoms with Crippen LogP contribution in [0.5, 0.6) is 17.2 Å². The molecule has 0 fully saturated rings. The van der Waals surface area contributed by atoms with Crippen LogP contribution in [0.25, 0.3) is 0 Å². The van der Waals surface area contributed by atoms with Crippen molar-refractivity contribution in [3.8, 4) is 17.2 Å². The summed E-state index contributed by atoms with van der Waals surface area (Å²) in [6, 6.07) is 9.01. The van der Waals surface area contributed by atoms with Crippen LogP contribution >= 0.6 is 0 Å². The number of hydrazone groups is 1. The fourth-order valence-electron chi connectivity index (χ4n) is 2.22. The van der Waals surface area contributed by atoms with Crippen molar-refractivity contribution in [3.05, 3.63) is 57.6 Å². The van der Waals surface area contributed by atoms with E-state index in [1.807, 2.05) is 0 Å². The second kappa shape index (κ2) is 8.47. The second-order valence-corrected chi connectivity index (χ2v) is 5.13. The molecule has 0 heterocycles. The van der Waals surface area contributed by atoms with Crippen molar-refractivity contribution in [2.24, 2.45) is 5.10 Å². The maximum Gasteiger partial charge on any atom is 0.273 e. The number of rotatable bonds is 7. The van der Waals surface area contributed by atoms with Gasteiger partial charge in [0.15, 0.2) is 11.5 Å². The molecule has 0 aromatic heterocycles. The topological polar surface area (TPSA) is 123 Å². The van der Waals surface area contributed by atoms with Crippen LogP contribution in [0.2, 0.25) is 0 Å². The lowest BCUT2D eigenvalue weighted by Crippen LogP contribution is -2.20. The molecule has 2 N–H and O–H groups in total. The molecule has 0 aliphatic rings. The molecule has 0 aliphatic heterocycles. The molecule has 9 heteroatoms. The summed E-state index contributed by atoms with van der Waals surface area (Å²) in [5, 5.41) is 24.6. The van der Waals surface area contributed by atoms with Gasteiger partial charge in [0.1, 0.15) is 0 Å². The zero-order valence-electron chi connectivity index (χ0n) is 14.1. The number of phenols is 1. The minimum absolute atomic E-state index is 0.125. The molecule has 0 aliphatic carbocycles. The molecular formula is C17H17N3O6. The van der Waals surface area contributed by atoms with Crippen molar-refractivity contribution in [2.45, 2.75) is 6.42 Å². The van der Waals surface area contributed by atoms with Gasteiger partial charge in [-0.3, -0.25) is 14.9 Å². The lowest BCUT2D eigenvalue weighted by atomic mass is 10.1. The molecule has 0 atom stereocenters. The number of nitro groups is 1. The van der Waals surface area contributed by atoms with Gasteiger partial charge in [-0.05, 0) is 12.1 Å². The Labute approximate surface area is 149 Å². The number of hydrogen-bond donors (Lipinski definition) is 2. The lowest BCUT2D eigenvalue weighted by Gasteiger charge is -2.09. The molecule has 2 aromatic rings. The number of methoxy groups -OCH3 is 2. The van der Waals surface area contributed by atoms with E-state index in [9.17, 15) is 20.0 Å².